The second-order valence-corrected chi connectivity index (χ2v) is 4.71. The Bertz CT molecular complexity index is 384. The van der Waals surface area contributed by atoms with Crippen LogP contribution in [-0.2, 0) is 0 Å². The van der Waals surface area contributed by atoms with Gasteiger partial charge in [0.1, 0.15) is 0 Å². The molecule has 18 heavy (non-hydrogen) atoms. The first-order chi connectivity index (χ1) is 8.74. The molecule has 2 heterocycles. The summed E-state index contributed by atoms with van der Waals surface area (Å²) >= 11 is 0. The van der Waals surface area contributed by atoms with Gasteiger partial charge in [-0.2, -0.15) is 0 Å². The van der Waals surface area contributed by atoms with Gasteiger partial charge in [-0.1, -0.05) is 6.92 Å². The maximum absolute atomic E-state index is 10.6. The predicted octanol–water partition coefficient (Wildman–Crippen LogP) is 1.21. The van der Waals surface area contributed by atoms with Gasteiger partial charge in [-0.25, -0.2) is 9.97 Å². The Morgan fingerprint density at radius 2 is 2.00 bits per heavy atom. The van der Waals surface area contributed by atoms with E-state index in [0.29, 0.717) is 17.6 Å². The van der Waals surface area contributed by atoms with E-state index < -0.39 is 0 Å². The summed E-state index contributed by atoms with van der Waals surface area (Å²) in [5, 5.41) is 0. The van der Waals surface area contributed by atoms with Crippen LogP contribution in [0.25, 0.3) is 0 Å². The van der Waals surface area contributed by atoms with E-state index in [9.17, 15) is 4.79 Å². The minimum absolute atomic E-state index is 0.495. The van der Waals surface area contributed by atoms with Crippen LogP contribution in [0.3, 0.4) is 0 Å². The van der Waals surface area contributed by atoms with E-state index in [1.807, 2.05) is 7.05 Å². The molecule has 0 radical (unpaired) electrons. The van der Waals surface area contributed by atoms with Gasteiger partial charge in [0.05, 0.1) is 5.56 Å². The average Bonchev–Trinajstić information content (AvgIpc) is 2.47. The average molecular weight is 248 g/mol. The Balaban J connectivity index is 1.98. The number of likely N-dealkylation sites (tertiary alicyclic amines) is 1. The van der Waals surface area contributed by atoms with E-state index >= 15 is 0 Å². The summed E-state index contributed by atoms with van der Waals surface area (Å²) in [5.74, 6) is 0.704. The third-order valence-corrected chi connectivity index (χ3v) is 3.66. The molecule has 0 spiro atoms. The molecule has 5 heteroatoms. The van der Waals surface area contributed by atoms with E-state index in [2.05, 4.69) is 26.7 Å². The second kappa shape index (κ2) is 5.91. The second-order valence-electron chi connectivity index (χ2n) is 4.71. The van der Waals surface area contributed by atoms with Crippen molar-refractivity contribution in [3.05, 3.63) is 18.0 Å². The van der Waals surface area contributed by atoms with Crippen LogP contribution in [-0.4, -0.2) is 53.9 Å². The lowest BCUT2D eigenvalue weighted by Crippen LogP contribution is -2.43. The molecule has 1 saturated heterocycles. The Morgan fingerprint density at radius 1 is 1.39 bits per heavy atom. The molecule has 0 amide bonds. The first kappa shape index (κ1) is 13.0. The molecule has 1 fully saturated rings. The zero-order valence-electron chi connectivity index (χ0n) is 11.0. The van der Waals surface area contributed by atoms with Gasteiger partial charge in [0.2, 0.25) is 5.95 Å². The van der Waals surface area contributed by atoms with Crippen molar-refractivity contribution in [2.24, 2.45) is 0 Å². The lowest BCUT2D eigenvalue weighted by atomic mass is 10.0. The quantitative estimate of drug-likeness (QED) is 0.750. The van der Waals surface area contributed by atoms with Gasteiger partial charge in [0.15, 0.2) is 6.29 Å². The van der Waals surface area contributed by atoms with Gasteiger partial charge in [-0.3, -0.25) is 4.79 Å². The highest BCUT2D eigenvalue weighted by molar-refractivity contribution is 5.73. The summed E-state index contributed by atoms with van der Waals surface area (Å²) in [5.41, 5.74) is 0.521. The van der Waals surface area contributed by atoms with Crippen LogP contribution < -0.4 is 4.90 Å². The molecule has 1 aromatic heterocycles. The molecule has 98 valence electrons. The zero-order valence-corrected chi connectivity index (χ0v) is 11.0. The molecular formula is C13H20N4O. The van der Waals surface area contributed by atoms with Crippen molar-refractivity contribution in [2.75, 3.05) is 31.6 Å². The number of hydrogen-bond donors (Lipinski definition) is 0. The number of carbonyl (C=O) groups excluding carboxylic acids is 1. The number of nitrogens with zero attached hydrogens (tertiary/aromatic N) is 4. The summed E-state index contributed by atoms with van der Waals surface area (Å²) in [6.07, 6.45) is 6.20. The van der Waals surface area contributed by atoms with Crippen LogP contribution in [0.1, 0.15) is 30.1 Å². The maximum Gasteiger partial charge on any atom is 0.225 e. The van der Waals surface area contributed by atoms with Crippen LogP contribution >= 0.6 is 0 Å². The van der Waals surface area contributed by atoms with Gasteiger partial charge in [0.25, 0.3) is 0 Å². The predicted molar refractivity (Wildman–Crippen MR) is 71.0 cm³/mol. The standard InChI is InChI=1S/C13H20N4O/c1-3-17-6-4-12(5-7-17)16(2)13-14-8-11(10-18)9-15-13/h8-10,12H,3-7H2,1-2H3. The number of carbonyl (C=O) groups is 1. The fourth-order valence-corrected chi connectivity index (χ4v) is 2.36. The smallest absolute Gasteiger partial charge is 0.225 e. The molecule has 0 bridgehead atoms. The Hall–Kier alpha value is -1.49. The van der Waals surface area contributed by atoms with E-state index in [0.717, 1.165) is 38.8 Å². The van der Waals surface area contributed by atoms with Crippen molar-refractivity contribution in [1.82, 2.24) is 14.9 Å². The minimum atomic E-state index is 0.495. The molecule has 5 nitrogen and oxygen atoms in total. The monoisotopic (exact) mass is 248 g/mol. The molecule has 0 aliphatic carbocycles. The lowest BCUT2D eigenvalue weighted by Gasteiger charge is -2.36. The molecule has 1 aliphatic heterocycles. The third kappa shape index (κ3) is 2.85. The third-order valence-electron chi connectivity index (χ3n) is 3.66. The minimum Gasteiger partial charge on any atom is -0.341 e. The van der Waals surface area contributed by atoms with Gasteiger partial charge in [-0.15, -0.1) is 0 Å². The molecule has 0 unspecified atom stereocenters. The fourth-order valence-electron chi connectivity index (χ4n) is 2.36. The highest BCUT2D eigenvalue weighted by Crippen LogP contribution is 2.18. The summed E-state index contributed by atoms with van der Waals surface area (Å²) in [6, 6.07) is 0.495. The Labute approximate surface area is 108 Å². The summed E-state index contributed by atoms with van der Waals surface area (Å²) in [6.45, 7) is 5.60. The van der Waals surface area contributed by atoms with Crippen LogP contribution in [0.15, 0.2) is 12.4 Å². The molecule has 0 atom stereocenters. The zero-order chi connectivity index (χ0) is 13.0. The van der Waals surface area contributed by atoms with Crippen molar-refractivity contribution >= 4 is 12.2 Å². The van der Waals surface area contributed by atoms with E-state index in [-0.39, 0.29) is 0 Å². The van der Waals surface area contributed by atoms with Crippen molar-refractivity contribution in [3.63, 3.8) is 0 Å². The summed E-state index contributed by atoms with van der Waals surface area (Å²) in [4.78, 5) is 23.6. The van der Waals surface area contributed by atoms with Crippen molar-refractivity contribution < 1.29 is 4.79 Å². The summed E-state index contributed by atoms with van der Waals surface area (Å²) < 4.78 is 0. The van der Waals surface area contributed by atoms with E-state index in [1.165, 1.54) is 0 Å². The van der Waals surface area contributed by atoms with Crippen molar-refractivity contribution in [2.45, 2.75) is 25.8 Å². The van der Waals surface area contributed by atoms with Gasteiger partial charge < -0.3 is 9.80 Å². The SMILES string of the molecule is CCN1CCC(N(C)c2ncc(C=O)cn2)CC1. The normalized spacial score (nSPS) is 17.7. The number of aldehydes is 1. The van der Waals surface area contributed by atoms with E-state index in [1.54, 1.807) is 12.4 Å². The first-order valence-electron chi connectivity index (χ1n) is 6.47. The molecule has 0 N–H and O–H groups in total. The summed E-state index contributed by atoms with van der Waals surface area (Å²) in [7, 11) is 2.03. The topological polar surface area (TPSA) is 49.3 Å². The molecule has 1 aliphatic rings. The molecule has 0 saturated carbocycles. The highest BCUT2D eigenvalue weighted by Gasteiger charge is 2.22. The van der Waals surface area contributed by atoms with Crippen LogP contribution in [0, 0.1) is 0 Å². The molecule has 2 rings (SSSR count). The molecule has 0 aromatic carbocycles. The fraction of sp³-hybridized carbons (Fsp3) is 0.615. The number of hydrogen-bond acceptors (Lipinski definition) is 5. The largest absolute Gasteiger partial charge is 0.341 e. The number of anilines is 1. The number of rotatable bonds is 4. The molecule has 1 aromatic rings. The van der Waals surface area contributed by atoms with Crippen molar-refractivity contribution in [1.29, 1.82) is 0 Å². The van der Waals surface area contributed by atoms with Gasteiger partial charge in [-0.05, 0) is 19.4 Å². The van der Waals surface area contributed by atoms with Crippen LogP contribution in [0.4, 0.5) is 5.95 Å². The number of aromatic nitrogens is 2. The van der Waals surface area contributed by atoms with Gasteiger partial charge in [0, 0.05) is 38.6 Å². The Kier molecular flexibility index (Phi) is 4.25. The highest BCUT2D eigenvalue weighted by atomic mass is 16.1. The maximum atomic E-state index is 10.6. The van der Waals surface area contributed by atoms with Crippen LogP contribution in [0.5, 0.6) is 0 Å². The van der Waals surface area contributed by atoms with Crippen molar-refractivity contribution in [3.8, 4) is 0 Å². The van der Waals surface area contributed by atoms with Gasteiger partial charge >= 0.3 is 0 Å². The molecular weight excluding hydrogens is 228 g/mol. The first-order valence-corrected chi connectivity index (χ1v) is 6.47. The number of piperidine rings is 1. The van der Waals surface area contributed by atoms with Crippen LogP contribution in [0.2, 0.25) is 0 Å². The Morgan fingerprint density at radius 3 is 2.50 bits per heavy atom. The van der Waals surface area contributed by atoms with E-state index in [4.69, 9.17) is 0 Å². The lowest BCUT2D eigenvalue weighted by molar-refractivity contribution is 0.112.